The van der Waals surface area contributed by atoms with Crippen molar-refractivity contribution >= 4 is 21.8 Å². The number of likely N-dealkylation sites (tertiary alicyclic amines) is 1. The van der Waals surface area contributed by atoms with Gasteiger partial charge in [0.25, 0.3) is 0 Å². The molecule has 34 heavy (non-hydrogen) atoms. The summed E-state index contributed by atoms with van der Waals surface area (Å²) in [6, 6.07) is 28.3. The smallest absolute Gasteiger partial charge is 0.228 e. The van der Waals surface area contributed by atoms with Crippen molar-refractivity contribution in [3.63, 3.8) is 0 Å². The van der Waals surface area contributed by atoms with Crippen LogP contribution in [0.15, 0.2) is 83.3 Å². The summed E-state index contributed by atoms with van der Waals surface area (Å²) >= 11 is 3.64. The maximum absolute atomic E-state index is 14.3. The number of nitrogens with one attached hydrogen (secondary N) is 1. The molecular formula is C30H31BrN2O. The minimum Gasteiger partial charge on any atom is -0.335 e. The number of fused-ring (bicyclic) bond motifs is 2. The summed E-state index contributed by atoms with van der Waals surface area (Å²) in [7, 11) is 0. The molecule has 6 rings (SSSR count). The molecule has 0 radical (unpaired) electrons. The second kappa shape index (κ2) is 8.98. The van der Waals surface area contributed by atoms with Crippen LogP contribution >= 0.6 is 15.9 Å². The van der Waals surface area contributed by atoms with Crippen molar-refractivity contribution in [1.29, 1.82) is 0 Å². The van der Waals surface area contributed by atoms with Gasteiger partial charge in [-0.3, -0.25) is 4.79 Å². The Balaban J connectivity index is 1.33. The van der Waals surface area contributed by atoms with Crippen LogP contribution in [0.2, 0.25) is 0 Å². The highest BCUT2D eigenvalue weighted by molar-refractivity contribution is 9.10. The number of halogens is 1. The summed E-state index contributed by atoms with van der Waals surface area (Å²) in [4.78, 5) is 16.6. The average molecular weight is 515 g/mol. The largest absolute Gasteiger partial charge is 0.335 e. The van der Waals surface area contributed by atoms with Crippen LogP contribution in [-0.2, 0) is 16.6 Å². The van der Waals surface area contributed by atoms with Crippen LogP contribution in [0.25, 0.3) is 0 Å². The Labute approximate surface area is 210 Å². The van der Waals surface area contributed by atoms with Crippen LogP contribution in [0.3, 0.4) is 0 Å². The van der Waals surface area contributed by atoms with Gasteiger partial charge in [-0.2, -0.15) is 0 Å². The first-order valence-electron chi connectivity index (χ1n) is 12.6. The van der Waals surface area contributed by atoms with Crippen molar-refractivity contribution in [3.05, 3.63) is 106 Å². The third-order valence-corrected chi connectivity index (χ3v) is 9.03. The third-order valence-electron chi connectivity index (χ3n) is 8.54. The number of benzene rings is 3. The lowest BCUT2D eigenvalue weighted by Gasteiger charge is -2.43. The van der Waals surface area contributed by atoms with E-state index in [9.17, 15) is 4.79 Å². The number of amides is 1. The number of rotatable bonds is 3. The van der Waals surface area contributed by atoms with E-state index in [-0.39, 0.29) is 17.4 Å². The Morgan fingerprint density at radius 3 is 2.47 bits per heavy atom. The predicted octanol–water partition coefficient (Wildman–Crippen LogP) is 6.00. The number of nitrogens with zero attached hydrogens (tertiary/aromatic N) is 1. The molecule has 4 heteroatoms. The molecule has 0 bridgehead atoms. The molecule has 1 N–H and O–H groups in total. The van der Waals surface area contributed by atoms with Gasteiger partial charge in [0.1, 0.15) is 0 Å². The van der Waals surface area contributed by atoms with E-state index < -0.39 is 0 Å². The molecule has 3 aromatic carbocycles. The highest BCUT2D eigenvalue weighted by Gasteiger charge is 2.53. The van der Waals surface area contributed by atoms with Gasteiger partial charge in [-0.25, -0.2) is 0 Å². The molecule has 3 aromatic rings. The maximum atomic E-state index is 14.3. The molecule has 0 aromatic heterocycles. The van der Waals surface area contributed by atoms with E-state index in [0.29, 0.717) is 11.8 Å². The minimum atomic E-state index is -0.0787. The van der Waals surface area contributed by atoms with Crippen LogP contribution < -0.4 is 5.32 Å². The molecule has 1 amide bonds. The van der Waals surface area contributed by atoms with Crippen LogP contribution in [0.4, 0.5) is 0 Å². The lowest BCUT2D eigenvalue weighted by molar-refractivity contribution is -0.141. The molecule has 174 valence electrons. The van der Waals surface area contributed by atoms with Crippen molar-refractivity contribution in [2.24, 2.45) is 5.92 Å². The molecule has 3 aliphatic rings. The van der Waals surface area contributed by atoms with Crippen LogP contribution in [0.1, 0.15) is 53.5 Å². The van der Waals surface area contributed by atoms with Gasteiger partial charge in [0.2, 0.25) is 5.91 Å². The number of aryl methyl sites for hydroxylation is 1. The molecule has 2 heterocycles. The summed E-state index contributed by atoms with van der Waals surface area (Å²) < 4.78 is 1.13. The number of carbonyl (C=O) groups excluding carboxylic acids is 1. The fourth-order valence-electron chi connectivity index (χ4n) is 6.82. The Kier molecular flexibility index (Phi) is 5.82. The lowest BCUT2D eigenvalue weighted by atomic mass is 9.72. The molecule has 4 atom stereocenters. The summed E-state index contributed by atoms with van der Waals surface area (Å²) in [6.45, 7) is 2.49. The quantitative estimate of drug-likeness (QED) is 0.464. The Morgan fingerprint density at radius 1 is 0.971 bits per heavy atom. The normalized spacial score (nSPS) is 28.3. The molecular weight excluding hydrogens is 484 g/mol. The van der Waals surface area contributed by atoms with Gasteiger partial charge in [-0.1, -0.05) is 82.7 Å². The first-order chi connectivity index (χ1) is 16.7. The highest BCUT2D eigenvalue weighted by atomic mass is 79.9. The van der Waals surface area contributed by atoms with Gasteiger partial charge in [0.15, 0.2) is 0 Å². The summed E-state index contributed by atoms with van der Waals surface area (Å²) in [5, 5.41) is 3.61. The van der Waals surface area contributed by atoms with Crippen molar-refractivity contribution in [1.82, 2.24) is 10.2 Å². The van der Waals surface area contributed by atoms with Crippen LogP contribution in [-0.4, -0.2) is 30.4 Å². The number of hydrogen-bond acceptors (Lipinski definition) is 2. The van der Waals surface area contributed by atoms with Gasteiger partial charge < -0.3 is 10.2 Å². The Hall–Kier alpha value is -2.43. The number of carbonyl (C=O) groups is 1. The van der Waals surface area contributed by atoms with Crippen molar-refractivity contribution in [2.45, 2.75) is 43.1 Å². The number of hydrogen-bond donors (Lipinski definition) is 1. The zero-order valence-electron chi connectivity index (χ0n) is 19.4. The van der Waals surface area contributed by atoms with Gasteiger partial charge in [0.05, 0.1) is 12.0 Å². The van der Waals surface area contributed by atoms with Gasteiger partial charge in [-0.15, -0.1) is 0 Å². The SMILES string of the molecule is O=C([C@@H]1CNC[C@]12CCc1cc(Br)ccc12)N1CC[C@@H](c2ccccc2)C[C@H]1c1ccccc1. The Morgan fingerprint density at radius 2 is 1.71 bits per heavy atom. The topological polar surface area (TPSA) is 32.3 Å². The number of piperidine rings is 1. The second-order valence-corrected chi connectivity index (χ2v) is 11.1. The van der Waals surface area contributed by atoms with Crippen molar-refractivity contribution in [3.8, 4) is 0 Å². The molecule has 2 fully saturated rings. The van der Waals surface area contributed by atoms with E-state index in [0.717, 1.165) is 49.8 Å². The maximum Gasteiger partial charge on any atom is 0.228 e. The fourth-order valence-corrected chi connectivity index (χ4v) is 7.23. The first-order valence-corrected chi connectivity index (χ1v) is 13.3. The zero-order valence-corrected chi connectivity index (χ0v) is 21.0. The van der Waals surface area contributed by atoms with Gasteiger partial charge >= 0.3 is 0 Å². The third kappa shape index (κ3) is 3.72. The summed E-state index contributed by atoms with van der Waals surface area (Å²) in [5.74, 6) is 0.811. The highest BCUT2D eigenvalue weighted by Crippen LogP contribution is 2.49. The minimum absolute atomic E-state index is 0.00517. The van der Waals surface area contributed by atoms with Gasteiger partial charge in [0, 0.05) is 29.5 Å². The fraction of sp³-hybridized carbons (Fsp3) is 0.367. The van der Waals surface area contributed by atoms with E-state index >= 15 is 0 Å². The monoisotopic (exact) mass is 514 g/mol. The van der Waals surface area contributed by atoms with Crippen LogP contribution in [0, 0.1) is 5.92 Å². The molecule has 1 aliphatic carbocycles. The lowest BCUT2D eigenvalue weighted by Crippen LogP contribution is -2.49. The predicted molar refractivity (Wildman–Crippen MR) is 140 cm³/mol. The standard InChI is InChI=1S/C30H31BrN2O/c31-25-11-12-26-24(17-25)13-15-30(26)20-32-19-27(30)29(34)33-16-14-23(21-7-3-1-4-8-21)18-28(33)22-9-5-2-6-10-22/h1-12,17,23,27-28,32H,13-16,18-20H2/t23-,27+,28+,30+/m1/s1. The van der Waals surface area contributed by atoms with E-state index in [1.165, 1.54) is 22.3 Å². The summed E-state index contributed by atoms with van der Waals surface area (Å²) in [6.07, 6.45) is 4.11. The van der Waals surface area contributed by atoms with E-state index in [2.05, 4.69) is 105 Å². The molecule has 2 aliphatic heterocycles. The molecule has 3 nitrogen and oxygen atoms in total. The van der Waals surface area contributed by atoms with Crippen LogP contribution in [0.5, 0.6) is 0 Å². The van der Waals surface area contributed by atoms with E-state index in [4.69, 9.17) is 0 Å². The second-order valence-electron chi connectivity index (χ2n) is 10.2. The molecule has 0 saturated carbocycles. The summed E-state index contributed by atoms with van der Waals surface area (Å²) in [5.41, 5.74) is 5.36. The van der Waals surface area contributed by atoms with Gasteiger partial charge in [-0.05, 0) is 66.0 Å². The molecule has 1 spiro atoms. The molecule has 0 unspecified atom stereocenters. The Bertz CT molecular complexity index is 1180. The van der Waals surface area contributed by atoms with E-state index in [1.54, 1.807) is 0 Å². The average Bonchev–Trinajstić information content (AvgIpc) is 3.48. The zero-order chi connectivity index (χ0) is 23.1. The van der Waals surface area contributed by atoms with E-state index in [1.807, 2.05) is 0 Å². The van der Waals surface area contributed by atoms with Crippen molar-refractivity contribution < 1.29 is 4.79 Å². The van der Waals surface area contributed by atoms with Crippen molar-refractivity contribution in [2.75, 3.05) is 19.6 Å². The molecule has 2 saturated heterocycles. The first kappa shape index (κ1) is 22.1.